The topological polar surface area (TPSA) is 99.3 Å². The van der Waals surface area contributed by atoms with Gasteiger partial charge in [-0.2, -0.15) is 0 Å². The molecule has 0 saturated heterocycles. The lowest BCUT2D eigenvalue weighted by Crippen LogP contribution is -2.14. The van der Waals surface area contributed by atoms with Gasteiger partial charge < -0.3 is 14.5 Å². The van der Waals surface area contributed by atoms with Gasteiger partial charge in [-0.05, 0) is 44.0 Å². The van der Waals surface area contributed by atoms with Crippen LogP contribution in [0.15, 0.2) is 51.9 Å². The fourth-order valence-corrected chi connectivity index (χ4v) is 3.52. The van der Waals surface area contributed by atoms with Gasteiger partial charge in [-0.15, -0.1) is 6.42 Å². The van der Waals surface area contributed by atoms with Crippen molar-refractivity contribution < 1.29 is 13.9 Å². The Balaban J connectivity index is 1.63. The molecule has 4 aromatic rings. The molecule has 32 heavy (non-hydrogen) atoms. The average Bonchev–Trinajstić information content (AvgIpc) is 3.10. The zero-order valence-corrected chi connectivity index (χ0v) is 17.6. The summed E-state index contributed by atoms with van der Waals surface area (Å²) in [4.78, 5) is 32.6. The zero-order chi connectivity index (χ0) is 22.5. The summed E-state index contributed by atoms with van der Waals surface area (Å²) in [6.07, 6.45) is 8.52. The Morgan fingerprint density at radius 2 is 2.12 bits per heavy atom. The van der Waals surface area contributed by atoms with E-state index in [0.29, 0.717) is 54.8 Å². The van der Waals surface area contributed by atoms with Crippen molar-refractivity contribution >= 4 is 39.5 Å². The number of aryl methyl sites for hydroxylation is 1. The van der Waals surface area contributed by atoms with E-state index in [9.17, 15) is 9.59 Å². The summed E-state index contributed by atoms with van der Waals surface area (Å²) >= 11 is 0. The largest absolute Gasteiger partial charge is 0.466 e. The van der Waals surface area contributed by atoms with E-state index < -0.39 is 5.76 Å². The number of oxazole rings is 1. The second-order valence-corrected chi connectivity index (χ2v) is 7.19. The number of terminal acetylenes is 1. The average molecular weight is 430 g/mol. The van der Waals surface area contributed by atoms with E-state index in [1.807, 2.05) is 30.3 Å². The van der Waals surface area contributed by atoms with Crippen LogP contribution < -0.4 is 11.1 Å². The molecule has 1 N–H and O–H groups in total. The minimum absolute atomic E-state index is 0.232. The smallest absolute Gasteiger partial charge is 0.419 e. The minimum atomic E-state index is -0.448. The van der Waals surface area contributed by atoms with E-state index >= 15 is 0 Å². The molecule has 0 amide bonds. The lowest BCUT2D eigenvalue weighted by Gasteiger charge is -2.09. The van der Waals surface area contributed by atoms with Crippen LogP contribution >= 0.6 is 0 Å². The monoisotopic (exact) mass is 430 g/mol. The highest BCUT2D eigenvalue weighted by molar-refractivity contribution is 5.98. The van der Waals surface area contributed by atoms with Gasteiger partial charge in [0.1, 0.15) is 12.1 Å². The highest BCUT2D eigenvalue weighted by Gasteiger charge is 2.14. The van der Waals surface area contributed by atoms with Gasteiger partial charge in [0, 0.05) is 35.7 Å². The van der Waals surface area contributed by atoms with Gasteiger partial charge in [-0.25, -0.2) is 14.8 Å². The number of hydrogen-bond donors (Lipinski definition) is 1. The second kappa shape index (κ2) is 9.35. The highest BCUT2D eigenvalue weighted by Crippen LogP contribution is 2.27. The van der Waals surface area contributed by atoms with Crippen molar-refractivity contribution in [3.63, 3.8) is 0 Å². The molecule has 2 aromatic carbocycles. The number of nitrogens with zero attached hydrogens (tertiary/aromatic N) is 3. The molecule has 0 aliphatic rings. The molecule has 0 fully saturated rings. The fourth-order valence-electron chi connectivity index (χ4n) is 3.52. The van der Waals surface area contributed by atoms with Crippen LogP contribution in [0.4, 0.5) is 11.5 Å². The first-order valence-electron chi connectivity index (χ1n) is 10.4. The van der Waals surface area contributed by atoms with Crippen molar-refractivity contribution in [2.45, 2.75) is 32.7 Å². The number of anilines is 2. The Morgan fingerprint density at radius 3 is 2.94 bits per heavy atom. The molecule has 0 aliphatic carbocycles. The highest BCUT2D eigenvalue weighted by atomic mass is 16.5. The molecule has 2 heterocycles. The fraction of sp³-hybridized carbons (Fsp3) is 0.250. The summed E-state index contributed by atoms with van der Waals surface area (Å²) < 4.78 is 11.9. The first-order chi connectivity index (χ1) is 15.6. The van der Waals surface area contributed by atoms with Gasteiger partial charge in [-0.3, -0.25) is 9.36 Å². The number of unbranched alkanes of at least 4 members (excludes halogenated alkanes) is 1. The number of hydrogen-bond acceptors (Lipinski definition) is 7. The third-order valence-electron chi connectivity index (χ3n) is 5.03. The predicted octanol–water partition coefficient (Wildman–Crippen LogP) is 4.00. The molecule has 8 heteroatoms. The number of rotatable bonds is 8. The van der Waals surface area contributed by atoms with Crippen LogP contribution in [0.5, 0.6) is 0 Å². The number of nitrogens with one attached hydrogen (secondary N) is 1. The molecule has 0 unspecified atom stereocenters. The molecule has 0 bridgehead atoms. The third kappa shape index (κ3) is 4.47. The van der Waals surface area contributed by atoms with E-state index in [4.69, 9.17) is 15.6 Å². The lowest BCUT2D eigenvalue weighted by atomic mass is 10.2. The standard InChI is InChI=1S/C24H22N4O4/c1-3-16-8-7-9-17(12-16)27-23-18-13-20-21(14-19(18)25-15-26-23)32-24(30)28(20)11-6-5-10-22(29)31-4-2/h1,7-9,12-15H,4-6,10-11H2,2H3,(H,25,26,27). The molecule has 0 radical (unpaired) electrons. The Morgan fingerprint density at radius 1 is 1.25 bits per heavy atom. The zero-order valence-electron chi connectivity index (χ0n) is 17.6. The van der Waals surface area contributed by atoms with Gasteiger partial charge in [0.15, 0.2) is 5.58 Å². The molecule has 0 atom stereocenters. The van der Waals surface area contributed by atoms with E-state index in [1.54, 1.807) is 17.6 Å². The molecular formula is C24H22N4O4. The first-order valence-corrected chi connectivity index (χ1v) is 10.4. The Hall–Kier alpha value is -4.12. The Kier molecular flexibility index (Phi) is 6.17. The number of aromatic nitrogens is 3. The van der Waals surface area contributed by atoms with Gasteiger partial charge >= 0.3 is 11.7 Å². The number of carbonyl (C=O) groups excluding carboxylic acids is 1. The quantitative estimate of drug-likeness (QED) is 0.256. The van der Waals surface area contributed by atoms with Crippen LogP contribution in [0.2, 0.25) is 0 Å². The van der Waals surface area contributed by atoms with Gasteiger partial charge in [0.25, 0.3) is 0 Å². The van der Waals surface area contributed by atoms with Gasteiger partial charge in [0.2, 0.25) is 0 Å². The summed E-state index contributed by atoms with van der Waals surface area (Å²) in [5.41, 5.74) is 3.29. The van der Waals surface area contributed by atoms with Crippen molar-refractivity contribution in [1.82, 2.24) is 14.5 Å². The van der Waals surface area contributed by atoms with Crippen LogP contribution in [0.3, 0.4) is 0 Å². The van der Waals surface area contributed by atoms with Crippen molar-refractivity contribution in [2.75, 3.05) is 11.9 Å². The van der Waals surface area contributed by atoms with E-state index in [0.717, 1.165) is 16.6 Å². The van der Waals surface area contributed by atoms with Crippen molar-refractivity contribution in [1.29, 1.82) is 0 Å². The number of fused-ring (bicyclic) bond motifs is 2. The first kappa shape index (κ1) is 21.1. The van der Waals surface area contributed by atoms with E-state index in [-0.39, 0.29) is 5.97 Å². The van der Waals surface area contributed by atoms with Crippen LogP contribution in [-0.4, -0.2) is 27.1 Å². The molecule has 2 aromatic heterocycles. The Labute approximate surface area is 184 Å². The Bertz CT molecular complexity index is 1380. The van der Waals surface area contributed by atoms with Crippen molar-refractivity contribution in [3.8, 4) is 12.3 Å². The van der Waals surface area contributed by atoms with E-state index in [1.165, 1.54) is 6.33 Å². The van der Waals surface area contributed by atoms with E-state index in [2.05, 4.69) is 21.2 Å². The van der Waals surface area contributed by atoms with Gasteiger partial charge in [0.05, 0.1) is 17.6 Å². The summed E-state index contributed by atoms with van der Waals surface area (Å²) in [6, 6.07) is 11.0. The summed E-state index contributed by atoms with van der Waals surface area (Å²) in [5.74, 6) is 2.52. The van der Waals surface area contributed by atoms with Crippen molar-refractivity contribution in [2.24, 2.45) is 0 Å². The summed E-state index contributed by atoms with van der Waals surface area (Å²) in [7, 11) is 0. The molecule has 0 aliphatic heterocycles. The molecular weight excluding hydrogens is 408 g/mol. The summed E-state index contributed by atoms with van der Waals surface area (Å²) in [5, 5.41) is 4.02. The normalized spacial score (nSPS) is 10.9. The van der Waals surface area contributed by atoms with Crippen LogP contribution in [0.1, 0.15) is 31.7 Å². The number of carbonyl (C=O) groups is 1. The SMILES string of the molecule is C#Cc1cccc(Nc2ncnc3cc4oc(=O)n(CCCCC(=O)OCC)c4cc23)c1. The maximum absolute atomic E-state index is 12.4. The van der Waals surface area contributed by atoms with Crippen LogP contribution in [0, 0.1) is 12.3 Å². The van der Waals surface area contributed by atoms with Crippen LogP contribution in [0.25, 0.3) is 22.0 Å². The van der Waals surface area contributed by atoms with Gasteiger partial charge in [-0.1, -0.05) is 12.0 Å². The van der Waals surface area contributed by atoms with Crippen LogP contribution in [-0.2, 0) is 16.1 Å². The lowest BCUT2D eigenvalue weighted by molar-refractivity contribution is -0.143. The van der Waals surface area contributed by atoms with Crippen molar-refractivity contribution in [3.05, 3.63) is 58.8 Å². The minimum Gasteiger partial charge on any atom is -0.466 e. The second-order valence-electron chi connectivity index (χ2n) is 7.19. The molecule has 8 nitrogen and oxygen atoms in total. The predicted molar refractivity (Wildman–Crippen MR) is 122 cm³/mol. The number of benzene rings is 2. The third-order valence-corrected chi connectivity index (χ3v) is 5.03. The maximum Gasteiger partial charge on any atom is 0.419 e. The molecule has 0 saturated carbocycles. The summed E-state index contributed by atoms with van der Waals surface area (Å²) in [6.45, 7) is 2.57. The molecule has 4 rings (SSSR count). The molecule has 162 valence electrons. The maximum atomic E-state index is 12.4. The number of esters is 1. The molecule has 0 spiro atoms. The number of ether oxygens (including phenoxy) is 1.